The molecular formula is C3H8OP. The molecule has 0 heterocycles. The summed E-state index contributed by atoms with van der Waals surface area (Å²) in [4.78, 5) is 0. The molecule has 0 aliphatic heterocycles. The van der Waals surface area contributed by atoms with Crippen LogP contribution in [0.3, 0.4) is 0 Å². The van der Waals surface area contributed by atoms with Gasteiger partial charge in [0, 0.05) is 9.47 Å². The average molecular weight is 91.1 g/mol. The molecule has 5 heavy (non-hydrogen) atoms. The van der Waals surface area contributed by atoms with Crippen LogP contribution in [0.25, 0.3) is 0 Å². The highest BCUT2D eigenvalue weighted by Crippen LogP contribution is 1.90. The summed E-state index contributed by atoms with van der Waals surface area (Å²) in [6.45, 7) is 5.38. The highest BCUT2D eigenvalue weighted by atomic mass is 31.0. The van der Waals surface area contributed by atoms with Crippen molar-refractivity contribution in [2.75, 3.05) is 0 Å². The van der Waals surface area contributed by atoms with Gasteiger partial charge in [0.05, 0.1) is 6.10 Å². The maximum Gasteiger partial charge on any atom is 0.0583 e. The Bertz CT molecular complexity index is 20.9. The van der Waals surface area contributed by atoms with E-state index in [9.17, 15) is 0 Å². The van der Waals surface area contributed by atoms with Crippen molar-refractivity contribution in [2.24, 2.45) is 0 Å². The topological polar surface area (TPSA) is 9.23 Å². The van der Waals surface area contributed by atoms with Crippen LogP contribution < -0.4 is 0 Å². The molecule has 0 aromatic heterocycles. The highest BCUT2D eigenvalue weighted by Gasteiger charge is 1.79. The Kier molecular flexibility index (Phi) is 2.82. The molecule has 0 saturated carbocycles. The smallest absolute Gasteiger partial charge is 0.0583 e. The first-order valence-corrected chi connectivity index (χ1v) is 1.93. The van der Waals surface area contributed by atoms with Crippen molar-refractivity contribution in [1.29, 1.82) is 0 Å². The maximum atomic E-state index is 4.56. The number of rotatable bonds is 1. The summed E-state index contributed by atoms with van der Waals surface area (Å²) in [6, 6.07) is 0. The standard InChI is InChI=1S/C3H8OP/c1-3(2)4-5/h3H,1,5H2,2H3. The first-order chi connectivity index (χ1) is 2.27. The van der Waals surface area contributed by atoms with Crippen LogP contribution >= 0.6 is 9.47 Å². The summed E-state index contributed by atoms with van der Waals surface area (Å²) in [7, 11) is 2.13. The summed E-state index contributed by atoms with van der Waals surface area (Å²) in [5.74, 6) is 0. The van der Waals surface area contributed by atoms with Gasteiger partial charge in [0.25, 0.3) is 0 Å². The predicted octanol–water partition coefficient (Wildman–Crippen LogP) is 1.02. The number of hydrogen-bond donors (Lipinski definition) is 0. The molecule has 0 fully saturated rings. The SMILES string of the molecule is [CH2]C(C)OP. The van der Waals surface area contributed by atoms with E-state index >= 15 is 0 Å². The van der Waals surface area contributed by atoms with Crippen LogP contribution in [-0.4, -0.2) is 6.10 Å². The van der Waals surface area contributed by atoms with Crippen LogP contribution in [0, 0.1) is 6.92 Å². The van der Waals surface area contributed by atoms with E-state index in [-0.39, 0.29) is 6.10 Å². The minimum atomic E-state index is 0.0972. The Morgan fingerprint density at radius 2 is 2.20 bits per heavy atom. The molecule has 1 radical (unpaired) electrons. The minimum absolute atomic E-state index is 0.0972. The third-order valence-electron chi connectivity index (χ3n) is 0.232. The lowest BCUT2D eigenvalue weighted by atomic mass is 10.5. The molecular weight excluding hydrogens is 83.0 g/mol. The zero-order valence-corrected chi connectivity index (χ0v) is 4.42. The van der Waals surface area contributed by atoms with Crippen molar-refractivity contribution in [1.82, 2.24) is 0 Å². The summed E-state index contributed by atoms with van der Waals surface area (Å²) in [5, 5.41) is 0. The molecule has 0 bridgehead atoms. The first kappa shape index (κ1) is 5.39. The Balaban J connectivity index is 2.54. The predicted molar refractivity (Wildman–Crippen MR) is 25.6 cm³/mol. The van der Waals surface area contributed by atoms with E-state index in [1.165, 1.54) is 0 Å². The van der Waals surface area contributed by atoms with E-state index in [2.05, 4.69) is 20.9 Å². The molecule has 0 aliphatic rings. The van der Waals surface area contributed by atoms with E-state index in [4.69, 9.17) is 0 Å². The normalized spacial score (nSPS) is 9.60. The van der Waals surface area contributed by atoms with Gasteiger partial charge in [0.2, 0.25) is 0 Å². The maximum absolute atomic E-state index is 4.56. The monoisotopic (exact) mass is 91.0 g/mol. The van der Waals surface area contributed by atoms with Crippen LogP contribution in [0.4, 0.5) is 0 Å². The van der Waals surface area contributed by atoms with Crippen LogP contribution in [0.2, 0.25) is 0 Å². The second-order valence-electron chi connectivity index (χ2n) is 0.947. The molecule has 0 rings (SSSR count). The molecule has 2 unspecified atom stereocenters. The van der Waals surface area contributed by atoms with E-state index in [1.54, 1.807) is 0 Å². The third kappa shape index (κ3) is 4.39. The zero-order chi connectivity index (χ0) is 4.28. The van der Waals surface area contributed by atoms with Crippen molar-refractivity contribution >= 4 is 9.47 Å². The Morgan fingerprint density at radius 1 is 2.00 bits per heavy atom. The van der Waals surface area contributed by atoms with E-state index in [0.717, 1.165) is 0 Å². The zero-order valence-electron chi connectivity index (χ0n) is 3.27. The van der Waals surface area contributed by atoms with E-state index in [1.807, 2.05) is 6.92 Å². The van der Waals surface area contributed by atoms with Gasteiger partial charge in [-0.25, -0.2) is 0 Å². The van der Waals surface area contributed by atoms with Gasteiger partial charge in [0.1, 0.15) is 0 Å². The van der Waals surface area contributed by atoms with Crippen LogP contribution in [0.15, 0.2) is 0 Å². The molecule has 0 saturated heterocycles. The highest BCUT2D eigenvalue weighted by molar-refractivity contribution is 7.09. The molecule has 0 aromatic rings. The molecule has 0 aromatic carbocycles. The third-order valence-corrected chi connectivity index (χ3v) is 0.697. The van der Waals surface area contributed by atoms with Gasteiger partial charge in [-0.2, -0.15) is 0 Å². The van der Waals surface area contributed by atoms with Crippen LogP contribution in [-0.2, 0) is 4.52 Å². The van der Waals surface area contributed by atoms with Gasteiger partial charge in [-0.15, -0.1) is 0 Å². The van der Waals surface area contributed by atoms with E-state index < -0.39 is 0 Å². The lowest BCUT2D eigenvalue weighted by Gasteiger charge is -1.94. The Morgan fingerprint density at radius 3 is 2.20 bits per heavy atom. The summed E-state index contributed by atoms with van der Waals surface area (Å²) >= 11 is 0. The fourth-order valence-electron chi connectivity index (χ4n) is 0. The van der Waals surface area contributed by atoms with Gasteiger partial charge in [-0.3, -0.25) is 0 Å². The second kappa shape index (κ2) is 2.62. The van der Waals surface area contributed by atoms with Crippen molar-refractivity contribution in [3.8, 4) is 0 Å². The fraction of sp³-hybridized carbons (Fsp3) is 0.667. The molecule has 2 atom stereocenters. The van der Waals surface area contributed by atoms with Crippen molar-refractivity contribution in [2.45, 2.75) is 13.0 Å². The van der Waals surface area contributed by atoms with Gasteiger partial charge in [-0.05, 0) is 13.8 Å². The van der Waals surface area contributed by atoms with E-state index in [0.29, 0.717) is 0 Å². The first-order valence-electron chi connectivity index (χ1n) is 1.46. The summed E-state index contributed by atoms with van der Waals surface area (Å²) in [5.41, 5.74) is 0. The molecule has 0 spiro atoms. The molecule has 0 N–H and O–H groups in total. The fourth-order valence-corrected chi connectivity index (χ4v) is 0. The molecule has 0 amide bonds. The van der Waals surface area contributed by atoms with Gasteiger partial charge in [-0.1, -0.05) is 0 Å². The molecule has 1 nitrogen and oxygen atoms in total. The molecule has 0 aliphatic carbocycles. The second-order valence-corrected chi connectivity index (χ2v) is 1.22. The molecule has 2 heteroatoms. The van der Waals surface area contributed by atoms with Crippen molar-refractivity contribution in [3.63, 3.8) is 0 Å². The van der Waals surface area contributed by atoms with Gasteiger partial charge >= 0.3 is 0 Å². The molecule has 31 valence electrons. The minimum Gasteiger partial charge on any atom is -0.363 e. The van der Waals surface area contributed by atoms with Crippen molar-refractivity contribution < 1.29 is 4.52 Å². The number of hydrogen-bond acceptors (Lipinski definition) is 1. The average Bonchev–Trinajstić information content (AvgIpc) is 1.38. The largest absolute Gasteiger partial charge is 0.363 e. The van der Waals surface area contributed by atoms with Crippen molar-refractivity contribution in [3.05, 3.63) is 6.92 Å². The van der Waals surface area contributed by atoms with Crippen LogP contribution in [0.5, 0.6) is 0 Å². The summed E-state index contributed by atoms with van der Waals surface area (Å²) in [6.07, 6.45) is 0.0972. The lowest BCUT2D eigenvalue weighted by Crippen LogP contribution is -1.89. The Labute approximate surface area is 35.0 Å². The lowest BCUT2D eigenvalue weighted by molar-refractivity contribution is 0.316. The van der Waals surface area contributed by atoms with Crippen LogP contribution in [0.1, 0.15) is 6.92 Å². The van der Waals surface area contributed by atoms with Gasteiger partial charge in [0.15, 0.2) is 0 Å². The Hall–Kier alpha value is 0.390. The van der Waals surface area contributed by atoms with Gasteiger partial charge < -0.3 is 4.52 Å². The quantitative estimate of drug-likeness (QED) is 0.438. The summed E-state index contributed by atoms with van der Waals surface area (Å²) < 4.78 is 4.56.